The Kier molecular flexibility index (Phi) is 5.62. The zero-order chi connectivity index (χ0) is 19.4. The molecule has 0 saturated heterocycles. The van der Waals surface area contributed by atoms with Crippen LogP contribution < -0.4 is 10.6 Å². The number of aromatic hydroxyl groups is 1. The second kappa shape index (κ2) is 8.10. The maximum atomic E-state index is 10.2. The highest BCUT2D eigenvalue weighted by Crippen LogP contribution is 2.37. The topological polar surface area (TPSA) is 87.6 Å². The first-order valence-electron chi connectivity index (χ1n) is 8.67. The summed E-state index contributed by atoms with van der Waals surface area (Å²) in [5.41, 5.74) is 1.74. The molecule has 0 amide bonds. The predicted octanol–water partition coefficient (Wildman–Crippen LogP) is 5.82. The van der Waals surface area contributed by atoms with Crippen LogP contribution in [0.4, 0.5) is 23.0 Å². The van der Waals surface area contributed by atoms with Crippen molar-refractivity contribution in [3.05, 3.63) is 53.3 Å². The van der Waals surface area contributed by atoms with Crippen LogP contribution in [0.3, 0.4) is 0 Å². The normalized spacial score (nSPS) is 12.0. The number of hydrogen-bond donors (Lipinski definition) is 3. The van der Waals surface area contributed by atoms with Crippen molar-refractivity contribution in [1.82, 2.24) is 8.75 Å². The van der Waals surface area contributed by atoms with E-state index in [1.165, 1.54) is 0 Å². The Balaban J connectivity index is 1.81. The fourth-order valence-corrected chi connectivity index (χ4v) is 3.08. The summed E-state index contributed by atoms with van der Waals surface area (Å²) in [7, 11) is 0. The van der Waals surface area contributed by atoms with Gasteiger partial charge in [0.05, 0.1) is 36.3 Å². The van der Waals surface area contributed by atoms with Gasteiger partial charge in [-0.05, 0) is 30.0 Å². The number of para-hydroxylation sites is 1. The van der Waals surface area contributed by atoms with Gasteiger partial charge in [-0.15, -0.1) is 0 Å². The molecule has 0 radical (unpaired) electrons. The second-order valence-corrected chi connectivity index (χ2v) is 6.94. The summed E-state index contributed by atoms with van der Waals surface area (Å²) in [4.78, 5) is 3.30. The van der Waals surface area contributed by atoms with E-state index < -0.39 is 0 Å². The minimum absolute atomic E-state index is 0.0508. The molecule has 3 N–H and O–H groups in total. The van der Waals surface area contributed by atoms with E-state index in [0.29, 0.717) is 23.2 Å². The zero-order valence-corrected chi connectivity index (χ0v) is 16.2. The Hall–Kier alpha value is -3.05. The van der Waals surface area contributed by atoms with Crippen molar-refractivity contribution in [3.63, 3.8) is 0 Å². The van der Waals surface area contributed by atoms with Crippen LogP contribution in [0, 0.1) is 6.57 Å². The highest BCUT2D eigenvalue weighted by atomic mass is 32.1. The highest BCUT2D eigenvalue weighted by Gasteiger charge is 2.19. The van der Waals surface area contributed by atoms with E-state index in [4.69, 9.17) is 11.0 Å². The quantitative estimate of drug-likeness (QED) is 0.352. The lowest BCUT2D eigenvalue weighted by atomic mass is 10.1. The van der Waals surface area contributed by atoms with E-state index in [1.807, 2.05) is 0 Å². The zero-order valence-electron chi connectivity index (χ0n) is 15.4. The summed E-state index contributed by atoms with van der Waals surface area (Å²) in [5, 5.41) is 16.6. The molecule has 0 aliphatic heterocycles. The maximum absolute atomic E-state index is 10.2. The summed E-state index contributed by atoms with van der Waals surface area (Å²) in [5.74, 6) is 2.20. The molecule has 2 aromatic heterocycles. The molecule has 27 heavy (non-hydrogen) atoms. The van der Waals surface area contributed by atoms with Crippen LogP contribution in [0.5, 0.6) is 5.75 Å². The van der Waals surface area contributed by atoms with Crippen molar-refractivity contribution in [2.75, 3.05) is 10.6 Å². The van der Waals surface area contributed by atoms with Crippen molar-refractivity contribution in [3.8, 4) is 5.75 Å². The molecule has 7 nitrogen and oxygen atoms in total. The lowest BCUT2D eigenvalue weighted by Gasteiger charge is -2.15. The number of benzene rings is 1. The summed E-state index contributed by atoms with van der Waals surface area (Å²) in [6, 6.07) is 6.95. The summed E-state index contributed by atoms with van der Waals surface area (Å²) >= 11 is 1.06. The number of phenols is 1. The molecule has 1 unspecified atom stereocenters. The Bertz CT molecular complexity index is 957. The van der Waals surface area contributed by atoms with E-state index in [2.05, 4.69) is 51.1 Å². The van der Waals surface area contributed by atoms with Gasteiger partial charge in [0.15, 0.2) is 11.6 Å². The number of rotatable bonds is 7. The van der Waals surface area contributed by atoms with Gasteiger partial charge < -0.3 is 20.2 Å². The smallest absolute Gasteiger partial charge is 0.230 e. The van der Waals surface area contributed by atoms with Gasteiger partial charge in [0.25, 0.3) is 0 Å². The minimum Gasteiger partial charge on any atom is -0.517 e. The van der Waals surface area contributed by atoms with Crippen molar-refractivity contribution in [1.29, 1.82) is 0 Å². The van der Waals surface area contributed by atoms with Crippen LogP contribution in [-0.2, 0) is 0 Å². The lowest BCUT2D eigenvalue weighted by Crippen LogP contribution is -2.10. The number of nitrogens with zero attached hydrogens (tertiary/aromatic N) is 3. The van der Waals surface area contributed by atoms with Crippen molar-refractivity contribution >= 4 is 34.7 Å². The van der Waals surface area contributed by atoms with E-state index in [-0.39, 0.29) is 17.5 Å². The van der Waals surface area contributed by atoms with E-state index in [1.54, 1.807) is 24.5 Å². The van der Waals surface area contributed by atoms with Crippen molar-refractivity contribution in [2.24, 2.45) is 0 Å². The number of hydrogen-bond acceptors (Lipinski definition) is 7. The third-order valence-corrected chi connectivity index (χ3v) is 4.77. The molecule has 1 aromatic carbocycles. The molecule has 2 heterocycles. The summed E-state index contributed by atoms with van der Waals surface area (Å²) in [6.07, 6.45) is 2.59. The molecule has 8 heteroatoms. The number of nitrogens with one attached hydrogen (secondary N) is 2. The van der Waals surface area contributed by atoms with Crippen LogP contribution in [-0.4, -0.2) is 13.9 Å². The van der Waals surface area contributed by atoms with E-state index in [9.17, 15) is 5.11 Å². The molecule has 0 aliphatic rings. The van der Waals surface area contributed by atoms with Crippen LogP contribution >= 0.6 is 11.7 Å². The third-order valence-electron chi connectivity index (χ3n) is 4.25. The molecular weight excluding hydrogens is 362 g/mol. The van der Waals surface area contributed by atoms with E-state index >= 15 is 0 Å². The molecule has 1 atom stereocenters. The number of anilines is 3. The molecule has 0 bridgehead atoms. The fourth-order valence-electron chi connectivity index (χ4n) is 2.61. The van der Waals surface area contributed by atoms with Gasteiger partial charge in [-0.2, -0.15) is 8.75 Å². The SMILES string of the molecule is [C-]#[N+]c1cccc(Nc2nsnc2NC(CC)c2cc(C(C)C)co2)c1O. The Labute approximate surface area is 162 Å². The molecule has 0 fully saturated rings. The van der Waals surface area contributed by atoms with Gasteiger partial charge in [0.1, 0.15) is 11.5 Å². The molecule has 140 valence electrons. The van der Waals surface area contributed by atoms with Crippen LogP contribution in [0.1, 0.15) is 50.5 Å². The second-order valence-electron chi connectivity index (χ2n) is 6.41. The first-order valence-corrected chi connectivity index (χ1v) is 9.40. The number of aromatic nitrogens is 2. The Morgan fingerprint density at radius 3 is 2.74 bits per heavy atom. The third kappa shape index (κ3) is 4.04. The van der Waals surface area contributed by atoms with Crippen LogP contribution in [0.25, 0.3) is 4.85 Å². The van der Waals surface area contributed by atoms with Crippen LogP contribution in [0.2, 0.25) is 0 Å². The van der Waals surface area contributed by atoms with Gasteiger partial charge in [-0.1, -0.05) is 32.9 Å². The number of phenolic OH excluding ortho intramolecular Hbond substituents is 1. The fraction of sp³-hybridized carbons (Fsp3) is 0.316. The van der Waals surface area contributed by atoms with Gasteiger partial charge in [-0.25, -0.2) is 4.85 Å². The first kappa shape index (κ1) is 18.7. The van der Waals surface area contributed by atoms with Gasteiger partial charge >= 0.3 is 0 Å². The maximum Gasteiger partial charge on any atom is 0.230 e. The van der Waals surface area contributed by atoms with Gasteiger partial charge in [0.2, 0.25) is 5.69 Å². The molecule has 3 aromatic rings. The number of furan rings is 1. The average molecular weight is 383 g/mol. The summed E-state index contributed by atoms with van der Waals surface area (Å²) in [6.45, 7) is 13.4. The molecule has 3 rings (SSSR count). The first-order chi connectivity index (χ1) is 13.0. The predicted molar refractivity (Wildman–Crippen MR) is 107 cm³/mol. The Morgan fingerprint density at radius 1 is 1.30 bits per heavy atom. The molecule has 0 spiro atoms. The largest absolute Gasteiger partial charge is 0.517 e. The lowest BCUT2D eigenvalue weighted by molar-refractivity contribution is 0.471. The molecular formula is C19H21N5O2S. The van der Waals surface area contributed by atoms with Gasteiger partial charge in [-0.3, -0.25) is 0 Å². The van der Waals surface area contributed by atoms with Crippen molar-refractivity contribution in [2.45, 2.75) is 39.2 Å². The standard InChI is InChI=1S/C19H21N5O2S/c1-5-13(16-9-12(10-26-16)11(2)3)21-18-19(24-27-23-18)22-15-8-6-7-14(20-4)17(15)25/h6-11,13,25H,5H2,1-3H3,(H,21,23)(H,22,24). The molecule has 0 saturated carbocycles. The monoisotopic (exact) mass is 383 g/mol. The average Bonchev–Trinajstić information content (AvgIpc) is 3.31. The molecule has 0 aliphatic carbocycles. The summed E-state index contributed by atoms with van der Waals surface area (Å²) < 4.78 is 14.3. The highest BCUT2D eigenvalue weighted by molar-refractivity contribution is 6.99. The van der Waals surface area contributed by atoms with E-state index in [0.717, 1.165) is 29.5 Å². The van der Waals surface area contributed by atoms with Gasteiger partial charge in [0, 0.05) is 0 Å². The minimum atomic E-state index is -0.105. The van der Waals surface area contributed by atoms with Crippen molar-refractivity contribution < 1.29 is 9.52 Å². The Morgan fingerprint density at radius 2 is 2.07 bits per heavy atom. The van der Waals surface area contributed by atoms with Crippen LogP contribution in [0.15, 0.2) is 34.9 Å².